The first-order chi connectivity index (χ1) is 11.8. The highest BCUT2D eigenvalue weighted by atomic mass is 32.2. The van der Waals surface area contributed by atoms with Gasteiger partial charge in [0, 0.05) is 21.8 Å². The Bertz CT molecular complexity index is 861. The molecule has 0 radical (unpaired) electrons. The fourth-order valence-corrected chi connectivity index (χ4v) is 4.20. The van der Waals surface area contributed by atoms with Gasteiger partial charge in [-0.1, -0.05) is 66.7 Å². The highest BCUT2D eigenvalue weighted by Gasteiger charge is 2.46. The van der Waals surface area contributed by atoms with Gasteiger partial charge in [-0.25, -0.2) is 4.79 Å². The number of fused-ring (bicyclic) bond motifs is 1. The van der Waals surface area contributed by atoms with E-state index in [2.05, 4.69) is 12.1 Å². The summed E-state index contributed by atoms with van der Waals surface area (Å²) in [5, 5.41) is 0. The molecular weight excluding hydrogens is 316 g/mol. The predicted molar refractivity (Wildman–Crippen MR) is 96.2 cm³/mol. The van der Waals surface area contributed by atoms with Crippen LogP contribution in [0.2, 0.25) is 0 Å². The lowest BCUT2D eigenvalue weighted by atomic mass is 9.87. The van der Waals surface area contributed by atoms with Crippen molar-refractivity contribution in [2.75, 3.05) is 5.75 Å². The Morgan fingerprint density at radius 3 is 2.17 bits per heavy atom. The van der Waals surface area contributed by atoms with Crippen LogP contribution in [0.3, 0.4) is 0 Å². The Balaban J connectivity index is 1.79. The highest BCUT2D eigenvalue weighted by molar-refractivity contribution is 7.99. The zero-order valence-electron chi connectivity index (χ0n) is 13.0. The lowest BCUT2D eigenvalue weighted by Crippen LogP contribution is -2.30. The smallest absolute Gasteiger partial charge is 0.339 e. The monoisotopic (exact) mass is 332 g/mol. The summed E-state index contributed by atoms with van der Waals surface area (Å²) < 4.78 is 5.97. The van der Waals surface area contributed by atoms with Crippen LogP contribution in [0.4, 0.5) is 0 Å². The SMILES string of the molecule is O=C1O[C@@](CSc2ccccc2)(c2ccccc2)c2ccccc21. The van der Waals surface area contributed by atoms with Crippen LogP contribution in [0, 0.1) is 0 Å². The second-order valence-corrected chi connectivity index (χ2v) is 6.78. The average Bonchev–Trinajstić information content (AvgIpc) is 2.95. The number of esters is 1. The summed E-state index contributed by atoms with van der Waals surface area (Å²) in [6, 6.07) is 27.9. The summed E-state index contributed by atoms with van der Waals surface area (Å²) in [5.41, 5.74) is 1.88. The number of ether oxygens (including phenoxy) is 1. The van der Waals surface area contributed by atoms with Crippen molar-refractivity contribution in [2.24, 2.45) is 0 Å². The van der Waals surface area contributed by atoms with Crippen LogP contribution in [-0.4, -0.2) is 11.7 Å². The van der Waals surface area contributed by atoms with Crippen molar-refractivity contribution < 1.29 is 9.53 Å². The van der Waals surface area contributed by atoms with E-state index in [1.165, 1.54) is 0 Å². The maximum absolute atomic E-state index is 12.4. The molecule has 4 rings (SSSR count). The summed E-state index contributed by atoms with van der Waals surface area (Å²) in [5.74, 6) is 0.396. The number of rotatable bonds is 4. The van der Waals surface area contributed by atoms with Crippen molar-refractivity contribution in [1.29, 1.82) is 0 Å². The molecule has 0 N–H and O–H groups in total. The van der Waals surface area contributed by atoms with Crippen LogP contribution in [0.25, 0.3) is 0 Å². The van der Waals surface area contributed by atoms with E-state index in [-0.39, 0.29) is 5.97 Å². The summed E-state index contributed by atoms with van der Waals surface area (Å²) in [7, 11) is 0. The molecule has 24 heavy (non-hydrogen) atoms. The number of hydrogen-bond donors (Lipinski definition) is 0. The quantitative estimate of drug-likeness (QED) is 0.502. The minimum Gasteiger partial charge on any atom is -0.445 e. The first-order valence-electron chi connectivity index (χ1n) is 7.86. The Morgan fingerprint density at radius 2 is 1.42 bits per heavy atom. The molecule has 3 heteroatoms. The van der Waals surface area contributed by atoms with Gasteiger partial charge < -0.3 is 4.74 Å². The van der Waals surface area contributed by atoms with Gasteiger partial charge in [0.05, 0.1) is 5.56 Å². The average molecular weight is 332 g/mol. The maximum atomic E-state index is 12.4. The molecule has 0 aromatic heterocycles. The topological polar surface area (TPSA) is 26.3 Å². The van der Waals surface area contributed by atoms with Gasteiger partial charge in [-0.3, -0.25) is 0 Å². The molecule has 0 amide bonds. The van der Waals surface area contributed by atoms with Gasteiger partial charge in [0.15, 0.2) is 5.60 Å². The van der Waals surface area contributed by atoms with Crippen molar-refractivity contribution in [1.82, 2.24) is 0 Å². The van der Waals surface area contributed by atoms with Crippen molar-refractivity contribution >= 4 is 17.7 Å². The fraction of sp³-hybridized carbons (Fsp3) is 0.0952. The summed E-state index contributed by atoms with van der Waals surface area (Å²) in [6.07, 6.45) is 0. The molecule has 0 spiro atoms. The second kappa shape index (κ2) is 6.17. The third kappa shape index (κ3) is 2.51. The number of thioether (sulfide) groups is 1. The second-order valence-electron chi connectivity index (χ2n) is 5.73. The molecule has 3 aromatic rings. The lowest BCUT2D eigenvalue weighted by molar-refractivity contribution is 0.0197. The lowest BCUT2D eigenvalue weighted by Gasteiger charge is -2.29. The van der Waals surface area contributed by atoms with Crippen LogP contribution in [0.15, 0.2) is 89.8 Å². The fourth-order valence-electron chi connectivity index (χ4n) is 3.10. The van der Waals surface area contributed by atoms with E-state index >= 15 is 0 Å². The molecule has 0 aliphatic carbocycles. The van der Waals surface area contributed by atoms with Crippen LogP contribution >= 0.6 is 11.8 Å². The van der Waals surface area contributed by atoms with Crippen molar-refractivity contribution in [3.8, 4) is 0 Å². The molecule has 3 aromatic carbocycles. The van der Waals surface area contributed by atoms with Crippen LogP contribution in [0.1, 0.15) is 21.5 Å². The molecule has 1 heterocycles. The molecule has 2 nitrogen and oxygen atoms in total. The molecular formula is C21H16O2S. The van der Waals surface area contributed by atoms with Gasteiger partial charge in [-0.05, 0) is 18.2 Å². The first kappa shape index (κ1) is 15.0. The summed E-state index contributed by atoms with van der Waals surface area (Å²) in [6.45, 7) is 0. The van der Waals surface area contributed by atoms with Crippen LogP contribution < -0.4 is 0 Å². The zero-order valence-corrected chi connectivity index (χ0v) is 13.8. The Kier molecular flexibility index (Phi) is 3.87. The molecule has 118 valence electrons. The molecule has 0 saturated carbocycles. The summed E-state index contributed by atoms with van der Waals surface area (Å²) >= 11 is 1.70. The number of cyclic esters (lactones) is 1. The number of hydrogen-bond acceptors (Lipinski definition) is 3. The van der Waals surface area contributed by atoms with Crippen LogP contribution in [-0.2, 0) is 10.3 Å². The van der Waals surface area contributed by atoms with E-state index in [0.29, 0.717) is 11.3 Å². The minimum absolute atomic E-state index is 0.247. The molecule has 0 fully saturated rings. The zero-order chi connectivity index (χ0) is 16.4. The molecule has 0 unspecified atom stereocenters. The largest absolute Gasteiger partial charge is 0.445 e. The maximum Gasteiger partial charge on any atom is 0.339 e. The molecule has 1 aliphatic heterocycles. The van der Waals surface area contributed by atoms with Gasteiger partial charge in [-0.2, -0.15) is 0 Å². The minimum atomic E-state index is -0.741. The van der Waals surface area contributed by atoms with E-state index in [1.54, 1.807) is 11.8 Å². The molecule has 0 bridgehead atoms. The number of benzene rings is 3. The van der Waals surface area contributed by atoms with Gasteiger partial charge in [0.2, 0.25) is 0 Å². The van der Waals surface area contributed by atoms with Crippen molar-refractivity contribution in [3.05, 3.63) is 102 Å². The highest BCUT2D eigenvalue weighted by Crippen LogP contribution is 2.45. The predicted octanol–water partition coefficient (Wildman–Crippen LogP) is 4.89. The van der Waals surface area contributed by atoms with E-state index in [1.807, 2.05) is 72.8 Å². The van der Waals surface area contributed by atoms with Gasteiger partial charge in [-0.15, -0.1) is 11.8 Å². The van der Waals surface area contributed by atoms with E-state index < -0.39 is 5.60 Å². The molecule has 0 saturated heterocycles. The Morgan fingerprint density at radius 1 is 0.792 bits per heavy atom. The van der Waals surface area contributed by atoms with Gasteiger partial charge >= 0.3 is 5.97 Å². The van der Waals surface area contributed by atoms with Gasteiger partial charge in [0.1, 0.15) is 0 Å². The number of carbonyl (C=O) groups is 1. The van der Waals surface area contributed by atoms with Crippen molar-refractivity contribution in [2.45, 2.75) is 10.5 Å². The molecule has 1 atom stereocenters. The Hall–Kier alpha value is -2.52. The van der Waals surface area contributed by atoms with Crippen molar-refractivity contribution in [3.63, 3.8) is 0 Å². The van der Waals surface area contributed by atoms with E-state index in [0.717, 1.165) is 16.0 Å². The van der Waals surface area contributed by atoms with E-state index in [9.17, 15) is 4.79 Å². The third-order valence-corrected chi connectivity index (χ3v) is 5.43. The first-order valence-corrected chi connectivity index (χ1v) is 8.84. The van der Waals surface area contributed by atoms with Gasteiger partial charge in [0.25, 0.3) is 0 Å². The molecule has 1 aliphatic rings. The van der Waals surface area contributed by atoms with Crippen LogP contribution in [0.5, 0.6) is 0 Å². The Labute approximate surface area is 145 Å². The summed E-state index contributed by atoms with van der Waals surface area (Å²) in [4.78, 5) is 13.6. The number of carbonyl (C=O) groups excluding carboxylic acids is 1. The standard InChI is InChI=1S/C21H16O2S/c22-20-18-13-7-8-14-19(18)21(23-20,16-9-3-1-4-10-16)15-24-17-11-5-2-6-12-17/h1-14H,15H2/t21-/m0/s1. The third-order valence-electron chi connectivity index (χ3n) is 4.27. The van der Waals surface area contributed by atoms with E-state index in [4.69, 9.17) is 4.74 Å². The normalized spacial score (nSPS) is 18.9.